The second kappa shape index (κ2) is 4.93. The minimum atomic E-state index is -0.226. The highest BCUT2D eigenvalue weighted by atomic mass is 32.1. The lowest BCUT2D eigenvalue weighted by molar-refractivity contribution is 0.0926. The summed E-state index contributed by atoms with van der Waals surface area (Å²) in [5.41, 5.74) is 3.61. The van der Waals surface area contributed by atoms with Gasteiger partial charge in [-0.2, -0.15) is 0 Å². The summed E-state index contributed by atoms with van der Waals surface area (Å²) in [5.74, 6) is -0.453. The number of fused-ring (bicyclic) bond motifs is 1. The maximum atomic E-state index is 12.7. The van der Waals surface area contributed by atoms with E-state index in [1.54, 1.807) is 6.07 Å². The van der Waals surface area contributed by atoms with Crippen molar-refractivity contribution in [3.8, 4) is 11.3 Å². The fourth-order valence-corrected chi connectivity index (χ4v) is 4.11. The van der Waals surface area contributed by atoms with E-state index >= 15 is 0 Å². The van der Waals surface area contributed by atoms with Gasteiger partial charge in [-0.05, 0) is 43.7 Å². The first-order valence-corrected chi connectivity index (χ1v) is 8.12. The fourth-order valence-electron chi connectivity index (χ4n) is 3.07. The number of hydrogen-bond donors (Lipinski definition) is 1. The molecule has 0 unspecified atom stereocenters. The van der Waals surface area contributed by atoms with Crippen LogP contribution in [0.15, 0.2) is 42.6 Å². The summed E-state index contributed by atoms with van der Waals surface area (Å²) >= 11 is 1.50. The molecule has 2 amide bonds. The Bertz CT molecular complexity index is 902. The highest BCUT2D eigenvalue weighted by Crippen LogP contribution is 2.37. The zero-order chi connectivity index (χ0) is 16.1. The number of amides is 2. The second-order valence-electron chi connectivity index (χ2n) is 5.54. The van der Waals surface area contributed by atoms with Crippen LogP contribution in [0.25, 0.3) is 11.3 Å². The lowest BCUT2D eigenvalue weighted by Crippen LogP contribution is -2.29. The molecule has 0 fully saturated rings. The first-order valence-electron chi connectivity index (χ1n) is 7.30. The lowest BCUT2D eigenvalue weighted by atomic mass is 10.1. The third-order valence-electron chi connectivity index (χ3n) is 4.11. The van der Waals surface area contributed by atoms with Crippen LogP contribution in [0, 0.1) is 13.8 Å². The smallest absolute Gasteiger partial charge is 0.267 e. The van der Waals surface area contributed by atoms with Crippen LogP contribution in [-0.2, 0) is 0 Å². The molecule has 5 heteroatoms. The van der Waals surface area contributed by atoms with E-state index in [9.17, 15) is 9.59 Å². The summed E-state index contributed by atoms with van der Waals surface area (Å²) < 4.78 is 0. The van der Waals surface area contributed by atoms with Gasteiger partial charge in [0, 0.05) is 21.6 Å². The number of nitrogens with zero attached hydrogens (tertiary/aromatic N) is 1. The van der Waals surface area contributed by atoms with Crippen molar-refractivity contribution in [3.05, 3.63) is 63.5 Å². The van der Waals surface area contributed by atoms with Gasteiger partial charge in [0.1, 0.15) is 0 Å². The van der Waals surface area contributed by atoms with Gasteiger partial charge >= 0.3 is 0 Å². The molecule has 114 valence electrons. The van der Waals surface area contributed by atoms with Crippen LogP contribution in [0.4, 0.5) is 5.69 Å². The molecular weight excluding hydrogens is 308 g/mol. The number of benzene rings is 1. The van der Waals surface area contributed by atoms with E-state index in [4.69, 9.17) is 0 Å². The number of thiophene rings is 1. The van der Waals surface area contributed by atoms with Crippen LogP contribution in [0.5, 0.6) is 0 Å². The van der Waals surface area contributed by atoms with Gasteiger partial charge in [0.15, 0.2) is 0 Å². The van der Waals surface area contributed by atoms with Gasteiger partial charge in [0.25, 0.3) is 11.8 Å². The predicted octanol–water partition coefficient (Wildman–Crippen LogP) is 4.16. The molecule has 0 saturated heterocycles. The molecule has 0 radical (unpaired) electrons. The van der Waals surface area contributed by atoms with Crippen molar-refractivity contribution in [2.75, 3.05) is 4.90 Å². The van der Waals surface area contributed by atoms with E-state index in [-0.39, 0.29) is 11.8 Å². The summed E-state index contributed by atoms with van der Waals surface area (Å²) in [4.78, 5) is 31.7. The van der Waals surface area contributed by atoms with Crippen molar-refractivity contribution in [3.63, 3.8) is 0 Å². The number of anilines is 1. The normalized spacial score (nSPS) is 13.7. The third-order valence-corrected chi connectivity index (χ3v) is 5.13. The molecule has 3 heterocycles. The number of aromatic nitrogens is 1. The highest BCUT2D eigenvalue weighted by Gasteiger charge is 2.40. The van der Waals surface area contributed by atoms with E-state index in [0.717, 1.165) is 21.0 Å². The van der Waals surface area contributed by atoms with E-state index in [1.165, 1.54) is 16.2 Å². The van der Waals surface area contributed by atoms with Crippen molar-refractivity contribution in [2.24, 2.45) is 0 Å². The molecule has 23 heavy (non-hydrogen) atoms. The highest BCUT2D eigenvalue weighted by molar-refractivity contribution is 7.12. The van der Waals surface area contributed by atoms with Crippen LogP contribution >= 0.6 is 11.3 Å². The zero-order valence-electron chi connectivity index (χ0n) is 12.7. The minimum absolute atomic E-state index is 0.226. The molecule has 1 aliphatic heterocycles. The van der Waals surface area contributed by atoms with Crippen LogP contribution < -0.4 is 4.90 Å². The SMILES string of the molecule is Cc1sc(C)c2c1C(=O)N(c1cccc(-c3ccc[nH]3)c1)C2=O. The number of imide groups is 1. The number of carbonyl (C=O) groups is 2. The van der Waals surface area contributed by atoms with Gasteiger partial charge in [-0.15, -0.1) is 11.3 Å². The van der Waals surface area contributed by atoms with Crippen LogP contribution in [0.1, 0.15) is 30.5 Å². The summed E-state index contributed by atoms with van der Waals surface area (Å²) in [5, 5.41) is 0. The van der Waals surface area contributed by atoms with Crippen LogP contribution in [0.2, 0.25) is 0 Å². The van der Waals surface area contributed by atoms with Crippen molar-refractivity contribution in [1.29, 1.82) is 0 Å². The first kappa shape index (κ1) is 14.0. The Hall–Kier alpha value is -2.66. The van der Waals surface area contributed by atoms with E-state index in [0.29, 0.717) is 16.8 Å². The number of hydrogen-bond acceptors (Lipinski definition) is 3. The Morgan fingerprint density at radius 2 is 1.65 bits per heavy atom. The molecule has 1 N–H and O–H groups in total. The summed E-state index contributed by atoms with van der Waals surface area (Å²) in [6.07, 6.45) is 1.85. The van der Waals surface area contributed by atoms with Crippen LogP contribution in [0.3, 0.4) is 0 Å². The fraction of sp³-hybridized carbons (Fsp3) is 0.111. The lowest BCUT2D eigenvalue weighted by Gasteiger charge is -2.15. The Kier molecular flexibility index (Phi) is 2.99. The molecule has 1 aromatic carbocycles. The largest absolute Gasteiger partial charge is 0.361 e. The first-order chi connectivity index (χ1) is 11.1. The van der Waals surface area contributed by atoms with Crippen LogP contribution in [-0.4, -0.2) is 16.8 Å². The second-order valence-corrected chi connectivity index (χ2v) is 6.97. The van der Waals surface area contributed by atoms with Crippen molar-refractivity contribution < 1.29 is 9.59 Å². The van der Waals surface area contributed by atoms with Gasteiger partial charge in [-0.3, -0.25) is 9.59 Å². The van der Waals surface area contributed by atoms with E-state index < -0.39 is 0 Å². The Labute approximate surface area is 137 Å². The number of H-pyrrole nitrogens is 1. The van der Waals surface area contributed by atoms with Crippen molar-refractivity contribution in [1.82, 2.24) is 4.98 Å². The minimum Gasteiger partial charge on any atom is -0.361 e. The molecule has 4 nitrogen and oxygen atoms in total. The molecule has 1 aliphatic rings. The Morgan fingerprint density at radius 1 is 0.957 bits per heavy atom. The molecule has 0 bridgehead atoms. The Balaban J connectivity index is 1.81. The average Bonchev–Trinajstić information content (AvgIpc) is 3.20. The van der Waals surface area contributed by atoms with E-state index in [2.05, 4.69) is 4.98 Å². The third kappa shape index (κ3) is 1.97. The number of aromatic amines is 1. The van der Waals surface area contributed by atoms with Crippen molar-refractivity contribution in [2.45, 2.75) is 13.8 Å². The molecule has 0 spiro atoms. The number of carbonyl (C=O) groups excluding carboxylic acids is 2. The molecule has 0 saturated carbocycles. The average molecular weight is 322 g/mol. The quantitative estimate of drug-likeness (QED) is 0.720. The summed E-state index contributed by atoms with van der Waals surface area (Å²) in [6, 6.07) is 11.3. The van der Waals surface area contributed by atoms with Gasteiger partial charge in [-0.1, -0.05) is 12.1 Å². The van der Waals surface area contributed by atoms with Gasteiger partial charge in [0.2, 0.25) is 0 Å². The maximum absolute atomic E-state index is 12.7. The molecule has 3 aromatic rings. The molecule has 0 atom stereocenters. The monoisotopic (exact) mass is 322 g/mol. The molecule has 4 rings (SSSR count). The van der Waals surface area contributed by atoms with Gasteiger partial charge in [0.05, 0.1) is 16.8 Å². The van der Waals surface area contributed by atoms with Gasteiger partial charge < -0.3 is 4.98 Å². The number of nitrogens with one attached hydrogen (secondary N) is 1. The van der Waals surface area contributed by atoms with E-state index in [1.807, 2.05) is 50.4 Å². The summed E-state index contributed by atoms with van der Waals surface area (Å²) in [7, 11) is 0. The standard InChI is InChI=1S/C18H14N2O2S/c1-10-15-16(11(2)23-10)18(22)20(17(15)21)13-6-3-5-12(9-13)14-7-4-8-19-14/h3-9,19H,1-2H3. The Morgan fingerprint density at radius 3 is 2.26 bits per heavy atom. The summed E-state index contributed by atoms with van der Waals surface area (Å²) in [6.45, 7) is 3.78. The number of aryl methyl sites for hydroxylation is 2. The van der Waals surface area contributed by atoms with Gasteiger partial charge in [-0.25, -0.2) is 4.90 Å². The predicted molar refractivity (Wildman–Crippen MR) is 91.2 cm³/mol. The maximum Gasteiger partial charge on any atom is 0.267 e. The molecule has 2 aromatic heterocycles. The zero-order valence-corrected chi connectivity index (χ0v) is 13.5. The van der Waals surface area contributed by atoms with Crippen molar-refractivity contribution >= 4 is 28.8 Å². The topological polar surface area (TPSA) is 53.2 Å². The molecule has 0 aliphatic carbocycles. The number of rotatable bonds is 2. The molecular formula is C18H14N2O2S.